The summed E-state index contributed by atoms with van der Waals surface area (Å²) in [6, 6.07) is 4.60. The standard InChI is InChI=1S/C8H9BrN2.ClH/c9-8-6(2-1-4-11-8)7-3-5-10-7;/h1-2,4,7,10H,3,5H2;1H/t7-;/m1./s1. The summed E-state index contributed by atoms with van der Waals surface area (Å²) in [6.07, 6.45) is 3.02. The molecule has 0 radical (unpaired) electrons. The van der Waals surface area contributed by atoms with Gasteiger partial charge in [0.05, 0.1) is 0 Å². The molecule has 66 valence electrons. The lowest BCUT2D eigenvalue weighted by molar-refractivity contribution is 0.381. The predicted molar refractivity (Wildman–Crippen MR) is 54.5 cm³/mol. The fourth-order valence-electron chi connectivity index (χ4n) is 1.21. The molecule has 2 rings (SSSR count). The molecule has 1 saturated heterocycles. The van der Waals surface area contributed by atoms with Crippen LogP contribution in [0.5, 0.6) is 0 Å². The van der Waals surface area contributed by atoms with Crippen LogP contribution in [0.4, 0.5) is 0 Å². The summed E-state index contributed by atoms with van der Waals surface area (Å²) in [5, 5.41) is 3.33. The van der Waals surface area contributed by atoms with E-state index >= 15 is 0 Å². The number of pyridine rings is 1. The van der Waals surface area contributed by atoms with Crippen molar-refractivity contribution in [2.75, 3.05) is 6.54 Å². The summed E-state index contributed by atoms with van der Waals surface area (Å²) < 4.78 is 0.970. The Hall–Kier alpha value is -0.120. The van der Waals surface area contributed by atoms with Crippen LogP contribution in [0.2, 0.25) is 0 Å². The molecule has 1 aromatic heterocycles. The molecule has 1 aliphatic rings. The molecular weight excluding hydrogens is 239 g/mol. The van der Waals surface area contributed by atoms with Crippen molar-refractivity contribution in [2.24, 2.45) is 0 Å². The molecule has 0 amide bonds. The van der Waals surface area contributed by atoms with Crippen LogP contribution in [0.25, 0.3) is 0 Å². The van der Waals surface area contributed by atoms with E-state index in [4.69, 9.17) is 0 Å². The smallest absolute Gasteiger partial charge is 0.110 e. The molecule has 0 unspecified atom stereocenters. The molecule has 0 bridgehead atoms. The summed E-state index contributed by atoms with van der Waals surface area (Å²) >= 11 is 3.42. The number of hydrogen-bond donors (Lipinski definition) is 1. The van der Waals surface area contributed by atoms with Crippen LogP contribution < -0.4 is 5.32 Å². The number of nitrogens with one attached hydrogen (secondary N) is 1. The van der Waals surface area contributed by atoms with Crippen molar-refractivity contribution < 1.29 is 0 Å². The Bertz CT molecular complexity index is 263. The number of aromatic nitrogens is 1. The van der Waals surface area contributed by atoms with Gasteiger partial charge in [-0.05, 0) is 35.0 Å². The van der Waals surface area contributed by atoms with E-state index in [1.54, 1.807) is 6.20 Å². The zero-order chi connectivity index (χ0) is 7.68. The summed E-state index contributed by atoms with van der Waals surface area (Å²) in [7, 11) is 0. The maximum atomic E-state index is 4.16. The van der Waals surface area contributed by atoms with E-state index in [0.29, 0.717) is 6.04 Å². The first-order valence-electron chi connectivity index (χ1n) is 3.72. The SMILES string of the molecule is Brc1ncccc1[C@H]1CCN1.Cl. The van der Waals surface area contributed by atoms with Crippen molar-refractivity contribution in [3.63, 3.8) is 0 Å². The highest BCUT2D eigenvalue weighted by Crippen LogP contribution is 2.27. The molecule has 2 nitrogen and oxygen atoms in total. The predicted octanol–water partition coefficient (Wildman–Crippen LogP) is 2.30. The topological polar surface area (TPSA) is 24.9 Å². The maximum Gasteiger partial charge on any atom is 0.110 e. The van der Waals surface area contributed by atoms with Crippen LogP contribution in [-0.4, -0.2) is 11.5 Å². The monoisotopic (exact) mass is 248 g/mol. The highest BCUT2D eigenvalue weighted by molar-refractivity contribution is 9.10. The third kappa shape index (κ3) is 1.79. The van der Waals surface area contributed by atoms with Gasteiger partial charge in [0.15, 0.2) is 0 Å². The van der Waals surface area contributed by atoms with Gasteiger partial charge in [0.2, 0.25) is 0 Å². The van der Waals surface area contributed by atoms with Gasteiger partial charge in [-0.2, -0.15) is 0 Å². The average molecular weight is 250 g/mol. The first-order valence-corrected chi connectivity index (χ1v) is 4.51. The first-order chi connectivity index (χ1) is 5.38. The first kappa shape index (κ1) is 9.96. The lowest BCUT2D eigenvalue weighted by Crippen LogP contribution is -2.35. The van der Waals surface area contributed by atoms with Crippen molar-refractivity contribution in [3.8, 4) is 0 Å². The van der Waals surface area contributed by atoms with Gasteiger partial charge in [-0.1, -0.05) is 6.07 Å². The molecule has 0 aromatic carbocycles. The van der Waals surface area contributed by atoms with Gasteiger partial charge in [-0.15, -0.1) is 12.4 Å². The molecule has 2 heterocycles. The lowest BCUT2D eigenvalue weighted by atomic mass is 10.0. The summed E-state index contributed by atoms with van der Waals surface area (Å²) in [6.45, 7) is 1.13. The van der Waals surface area contributed by atoms with E-state index in [1.165, 1.54) is 12.0 Å². The summed E-state index contributed by atoms with van der Waals surface area (Å²) in [5.74, 6) is 0. The van der Waals surface area contributed by atoms with Gasteiger partial charge in [0, 0.05) is 17.8 Å². The van der Waals surface area contributed by atoms with E-state index in [2.05, 4.69) is 32.3 Å². The maximum absolute atomic E-state index is 4.16. The molecule has 1 fully saturated rings. The van der Waals surface area contributed by atoms with Crippen LogP contribution >= 0.6 is 28.3 Å². The van der Waals surface area contributed by atoms with E-state index in [-0.39, 0.29) is 12.4 Å². The van der Waals surface area contributed by atoms with E-state index in [9.17, 15) is 0 Å². The van der Waals surface area contributed by atoms with E-state index < -0.39 is 0 Å². The van der Waals surface area contributed by atoms with Gasteiger partial charge in [0.25, 0.3) is 0 Å². The van der Waals surface area contributed by atoms with Crippen LogP contribution in [-0.2, 0) is 0 Å². The van der Waals surface area contributed by atoms with E-state index in [0.717, 1.165) is 11.1 Å². The second-order valence-corrected chi connectivity index (χ2v) is 3.43. The highest BCUT2D eigenvalue weighted by Gasteiger charge is 2.20. The molecule has 4 heteroatoms. The Morgan fingerprint density at radius 3 is 2.83 bits per heavy atom. The van der Waals surface area contributed by atoms with Crippen molar-refractivity contribution in [2.45, 2.75) is 12.5 Å². The molecule has 0 aliphatic carbocycles. The third-order valence-electron chi connectivity index (χ3n) is 1.99. The molecule has 1 aliphatic heterocycles. The average Bonchev–Trinajstić information content (AvgIpc) is 1.90. The van der Waals surface area contributed by atoms with Gasteiger partial charge >= 0.3 is 0 Å². The minimum Gasteiger partial charge on any atom is -0.310 e. The minimum absolute atomic E-state index is 0. The molecule has 0 saturated carbocycles. The minimum atomic E-state index is 0. The zero-order valence-electron chi connectivity index (χ0n) is 6.46. The van der Waals surface area contributed by atoms with Crippen molar-refractivity contribution in [1.82, 2.24) is 10.3 Å². The van der Waals surface area contributed by atoms with Gasteiger partial charge < -0.3 is 5.32 Å². The van der Waals surface area contributed by atoms with Crippen molar-refractivity contribution in [1.29, 1.82) is 0 Å². The summed E-state index contributed by atoms with van der Waals surface area (Å²) in [4.78, 5) is 4.16. The largest absolute Gasteiger partial charge is 0.310 e. The second-order valence-electron chi connectivity index (χ2n) is 2.68. The Balaban J connectivity index is 0.000000720. The van der Waals surface area contributed by atoms with Gasteiger partial charge in [-0.25, -0.2) is 4.98 Å². The fourth-order valence-corrected chi connectivity index (χ4v) is 1.74. The quantitative estimate of drug-likeness (QED) is 0.773. The number of hydrogen-bond acceptors (Lipinski definition) is 2. The zero-order valence-corrected chi connectivity index (χ0v) is 8.86. The Labute approximate surface area is 86.3 Å². The second kappa shape index (κ2) is 4.21. The van der Waals surface area contributed by atoms with Gasteiger partial charge in [-0.3, -0.25) is 0 Å². The Kier molecular flexibility index (Phi) is 3.50. The lowest BCUT2D eigenvalue weighted by Gasteiger charge is -2.28. The van der Waals surface area contributed by atoms with E-state index in [1.807, 2.05) is 6.07 Å². The summed E-state index contributed by atoms with van der Waals surface area (Å²) in [5.41, 5.74) is 1.28. The van der Waals surface area contributed by atoms with Gasteiger partial charge in [0.1, 0.15) is 4.60 Å². The van der Waals surface area contributed by atoms with Crippen molar-refractivity contribution in [3.05, 3.63) is 28.5 Å². The normalized spacial score (nSPS) is 20.9. The Morgan fingerprint density at radius 2 is 2.33 bits per heavy atom. The third-order valence-corrected chi connectivity index (χ3v) is 2.65. The highest BCUT2D eigenvalue weighted by atomic mass is 79.9. The molecule has 1 aromatic rings. The number of nitrogens with zero attached hydrogens (tertiary/aromatic N) is 1. The van der Waals surface area contributed by atoms with Crippen LogP contribution in [0, 0.1) is 0 Å². The van der Waals surface area contributed by atoms with Crippen molar-refractivity contribution >= 4 is 28.3 Å². The van der Waals surface area contributed by atoms with Crippen LogP contribution in [0.15, 0.2) is 22.9 Å². The molecule has 1 atom stereocenters. The molecular formula is C8H10BrClN2. The molecule has 0 spiro atoms. The van der Waals surface area contributed by atoms with Crippen LogP contribution in [0.3, 0.4) is 0 Å². The molecule has 12 heavy (non-hydrogen) atoms. The number of rotatable bonds is 1. The fraction of sp³-hybridized carbons (Fsp3) is 0.375. The molecule has 1 N–H and O–H groups in total. The van der Waals surface area contributed by atoms with Crippen LogP contribution in [0.1, 0.15) is 18.0 Å². The Morgan fingerprint density at radius 1 is 1.58 bits per heavy atom. The number of halogens is 2.